The monoisotopic (exact) mass is 421 g/mol. The summed E-state index contributed by atoms with van der Waals surface area (Å²) in [6, 6.07) is 16.8. The number of nitrogens with one attached hydrogen (secondary N) is 3. The Kier molecular flexibility index (Phi) is 8.52. The van der Waals surface area contributed by atoms with E-state index in [1.807, 2.05) is 54.6 Å². The van der Waals surface area contributed by atoms with Gasteiger partial charge in [0.15, 0.2) is 0 Å². The number of hydrogen-bond acceptors (Lipinski definition) is 4. The van der Waals surface area contributed by atoms with E-state index >= 15 is 0 Å². The van der Waals surface area contributed by atoms with Crippen LogP contribution in [0.4, 0.5) is 5.69 Å². The maximum Gasteiger partial charge on any atom is 0.242 e. The molecule has 2 unspecified atom stereocenters. The molecule has 0 radical (unpaired) electrons. The molecular formula is C25H31N3O3. The number of methoxy groups -OCH3 is 1. The molecule has 2 aromatic carbocycles. The van der Waals surface area contributed by atoms with Crippen molar-refractivity contribution in [1.29, 1.82) is 0 Å². The summed E-state index contributed by atoms with van der Waals surface area (Å²) in [6.45, 7) is 1.04. The molecule has 6 nitrogen and oxygen atoms in total. The van der Waals surface area contributed by atoms with Crippen molar-refractivity contribution < 1.29 is 14.3 Å². The lowest BCUT2D eigenvalue weighted by molar-refractivity contribution is -0.129. The molecule has 2 amide bonds. The molecule has 0 bridgehead atoms. The lowest BCUT2D eigenvalue weighted by Crippen LogP contribution is -2.49. The zero-order valence-corrected chi connectivity index (χ0v) is 18.0. The number of rotatable bonds is 11. The molecule has 0 fully saturated rings. The number of hydrogen-bond donors (Lipinski definition) is 3. The van der Waals surface area contributed by atoms with Crippen molar-refractivity contribution in [2.75, 3.05) is 25.5 Å². The fourth-order valence-corrected chi connectivity index (χ4v) is 3.64. The zero-order chi connectivity index (χ0) is 21.9. The molecule has 164 valence electrons. The number of benzene rings is 2. The van der Waals surface area contributed by atoms with E-state index in [-0.39, 0.29) is 17.7 Å². The van der Waals surface area contributed by atoms with Crippen LogP contribution in [0.15, 0.2) is 66.7 Å². The number of allylic oxidation sites excluding steroid dienone is 2. The van der Waals surface area contributed by atoms with Gasteiger partial charge in [-0.05, 0) is 48.6 Å². The van der Waals surface area contributed by atoms with Crippen LogP contribution in [0.3, 0.4) is 0 Å². The van der Waals surface area contributed by atoms with E-state index in [0.717, 1.165) is 29.8 Å². The molecule has 2 aromatic rings. The van der Waals surface area contributed by atoms with Gasteiger partial charge in [-0.25, -0.2) is 0 Å². The number of anilines is 1. The Labute approximate surface area is 184 Å². The number of ether oxygens (including phenoxy) is 1. The molecule has 1 aliphatic rings. The van der Waals surface area contributed by atoms with Crippen molar-refractivity contribution in [3.63, 3.8) is 0 Å². The molecule has 0 saturated carbocycles. The first kappa shape index (κ1) is 22.4. The molecule has 2 atom stereocenters. The zero-order valence-electron chi connectivity index (χ0n) is 18.0. The van der Waals surface area contributed by atoms with Crippen molar-refractivity contribution in [1.82, 2.24) is 10.6 Å². The predicted molar refractivity (Wildman–Crippen MR) is 123 cm³/mol. The highest BCUT2D eigenvalue weighted by Gasteiger charge is 2.22. The van der Waals surface area contributed by atoms with Gasteiger partial charge in [0, 0.05) is 31.6 Å². The van der Waals surface area contributed by atoms with Crippen molar-refractivity contribution in [3.05, 3.63) is 72.3 Å². The normalized spacial score (nSPS) is 15.8. The fourth-order valence-electron chi connectivity index (χ4n) is 3.64. The average Bonchev–Trinajstić information content (AvgIpc) is 3.30. The van der Waals surface area contributed by atoms with Gasteiger partial charge in [-0.2, -0.15) is 0 Å². The van der Waals surface area contributed by atoms with E-state index < -0.39 is 6.04 Å². The van der Waals surface area contributed by atoms with Gasteiger partial charge in [-0.15, -0.1) is 0 Å². The summed E-state index contributed by atoms with van der Waals surface area (Å²) in [5.41, 5.74) is 1.97. The third-order valence-electron chi connectivity index (χ3n) is 5.34. The van der Waals surface area contributed by atoms with Crippen LogP contribution in [0.2, 0.25) is 0 Å². The Balaban J connectivity index is 1.50. The summed E-state index contributed by atoms with van der Waals surface area (Å²) in [5.74, 6) is 0.820. The molecular weight excluding hydrogens is 390 g/mol. The van der Waals surface area contributed by atoms with Crippen LogP contribution in [-0.2, 0) is 16.0 Å². The van der Waals surface area contributed by atoms with Crippen LogP contribution in [0.25, 0.3) is 0 Å². The molecule has 0 spiro atoms. The third-order valence-corrected chi connectivity index (χ3v) is 5.34. The summed E-state index contributed by atoms with van der Waals surface area (Å²) in [5, 5.41) is 9.15. The minimum Gasteiger partial charge on any atom is -0.497 e. The van der Waals surface area contributed by atoms with E-state index in [1.54, 1.807) is 7.11 Å². The molecule has 0 saturated heterocycles. The Morgan fingerprint density at radius 1 is 1.06 bits per heavy atom. The molecule has 3 rings (SSSR count). The van der Waals surface area contributed by atoms with Gasteiger partial charge in [-0.1, -0.05) is 42.5 Å². The highest BCUT2D eigenvalue weighted by molar-refractivity contribution is 5.88. The first-order valence-corrected chi connectivity index (χ1v) is 10.8. The van der Waals surface area contributed by atoms with Gasteiger partial charge >= 0.3 is 0 Å². The second-order valence-electron chi connectivity index (χ2n) is 7.73. The highest BCUT2D eigenvalue weighted by atomic mass is 16.5. The molecule has 31 heavy (non-hydrogen) atoms. The van der Waals surface area contributed by atoms with Crippen LogP contribution >= 0.6 is 0 Å². The van der Waals surface area contributed by atoms with Crippen molar-refractivity contribution >= 4 is 17.5 Å². The predicted octanol–water partition coefficient (Wildman–Crippen LogP) is 3.31. The van der Waals surface area contributed by atoms with E-state index in [0.29, 0.717) is 25.9 Å². The minimum absolute atomic E-state index is 0.0796. The first-order chi connectivity index (χ1) is 15.1. The minimum atomic E-state index is -0.596. The Bertz CT molecular complexity index is 865. The SMILES string of the molecule is COc1ccc(NCCNC(=O)C(Cc2ccccc2)NC(=O)CC2C=CCC2)cc1. The smallest absolute Gasteiger partial charge is 0.242 e. The second-order valence-corrected chi connectivity index (χ2v) is 7.73. The van der Waals surface area contributed by atoms with Gasteiger partial charge in [0.2, 0.25) is 11.8 Å². The summed E-state index contributed by atoms with van der Waals surface area (Å²) in [4.78, 5) is 25.4. The van der Waals surface area contributed by atoms with E-state index in [1.165, 1.54) is 0 Å². The highest BCUT2D eigenvalue weighted by Crippen LogP contribution is 2.20. The van der Waals surface area contributed by atoms with Gasteiger partial charge < -0.3 is 20.7 Å². The topological polar surface area (TPSA) is 79.5 Å². The van der Waals surface area contributed by atoms with Crippen LogP contribution in [-0.4, -0.2) is 38.1 Å². The van der Waals surface area contributed by atoms with Crippen LogP contribution < -0.4 is 20.7 Å². The third kappa shape index (κ3) is 7.48. The van der Waals surface area contributed by atoms with Crippen LogP contribution in [0.5, 0.6) is 5.75 Å². The maximum absolute atomic E-state index is 12.8. The maximum atomic E-state index is 12.8. The Hall–Kier alpha value is -3.28. The molecule has 0 aliphatic heterocycles. The van der Waals surface area contributed by atoms with Gasteiger partial charge in [-0.3, -0.25) is 9.59 Å². The quantitative estimate of drug-likeness (QED) is 0.384. The number of carbonyl (C=O) groups is 2. The Morgan fingerprint density at radius 3 is 2.52 bits per heavy atom. The van der Waals surface area contributed by atoms with Gasteiger partial charge in [0.05, 0.1) is 7.11 Å². The van der Waals surface area contributed by atoms with Crippen molar-refractivity contribution in [2.45, 2.75) is 31.7 Å². The fraction of sp³-hybridized carbons (Fsp3) is 0.360. The van der Waals surface area contributed by atoms with Crippen LogP contribution in [0.1, 0.15) is 24.8 Å². The molecule has 3 N–H and O–H groups in total. The number of carbonyl (C=O) groups excluding carboxylic acids is 2. The Morgan fingerprint density at radius 2 is 1.84 bits per heavy atom. The lowest BCUT2D eigenvalue weighted by atomic mass is 10.0. The summed E-state index contributed by atoms with van der Waals surface area (Å²) < 4.78 is 5.15. The van der Waals surface area contributed by atoms with E-state index in [2.05, 4.69) is 28.1 Å². The summed E-state index contributed by atoms with van der Waals surface area (Å²) >= 11 is 0. The van der Waals surface area contributed by atoms with Crippen molar-refractivity contribution in [2.24, 2.45) is 5.92 Å². The molecule has 0 heterocycles. The van der Waals surface area contributed by atoms with Crippen LogP contribution in [0, 0.1) is 5.92 Å². The molecule has 0 aromatic heterocycles. The second kappa shape index (κ2) is 11.8. The average molecular weight is 422 g/mol. The van der Waals surface area contributed by atoms with E-state index in [9.17, 15) is 9.59 Å². The van der Waals surface area contributed by atoms with Gasteiger partial charge in [0.1, 0.15) is 11.8 Å². The molecule has 1 aliphatic carbocycles. The number of amides is 2. The van der Waals surface area contributed by atoms with Crippen molar-refractivity contribution in [3.8, 4) is 5.75 Å². The lowest BCUT2D eigenvalue weighted by Gasteiger charge is -2.20. The summed E-state index contributed by atoms with van der Waals surface area (Å²) in [7, 11) is 1.63. The largest absolute Gasteiger partial charge is 0.497 e. The first-order valence-electron chi connectivity index (χ1n) is 10.8. The summed E-state index contributed by atoms with van der Waals surface area (Å²) in [6.07, 6.45) is 7.12. The standard InChI is InChI=1S/C25H31N3O3/c1-31-22-13-11-21(12-14-22)26-15-16-27-25(30)23(17-19-7-3-2-4-8-19)28-24(29)18-20-9-5-6-10-20/h2-5,7-9,11-14,20,23,26H,6,10,15-18H2,1H3,(H,27,30)(H,28,29). The van der Waals surface area contributed by atoms with E-state index in [4.69, 9.17) is 4.74 Å². The molecule has 6 heteroatoms. The van der Waals surface area contributed by atoms with Gasteiger partial charge in [0.25, 0.3) is 0 Å².